The van der Waals surface area contributed by atoms with Gasteiger partial charge in [0, 0.05) is 36.9 Å². The number of carbonyl (C=O) groups excluding carboxylic acids is 1. The van der Waals surface area contributed by atoms with Crippen LogP contribution in [0.1, 0.15) is 41.6 Å². The van der Waals surface area contributed by atoms with Crippen molar-refractivity contribution >= 4 is 36.8 Å². The monoisotopic (exact) mass is 585 g/mol. The van der Waals surface area contributed by atoms with E-state index >= 15 is 0 Å². The van der Waals surface area contributed by atoms with E-state index in [1.54, 1.807) is 16.3 Å². The maximum atomic E-state index is 14.1. The van der Waals surface area contributed by atoms with Gasteiger partial charge in [-0.2, -0.15) is 0 Å². The first-order valence-electron chi connectivity index (χ1n) is 14.5. The summed E-state index contributed by atoms with van der Waals surface area (Å²) in [4.78, 5) is 33.3. The summed E-state index contributed by atoms with van der Waals surface area (Å²) in [6.07, 6.45) is 4.29. The summed E-state index contributed by atoms with van der Waals surface area (Å²) in [6, 6.07) is 24.7. The predicted molar refractivity (Wildman–Crippen MR) is 171 cm³/mol. The summed E-state index contributed by atoms with van der Waals surface area (Å²) in [7, 11) is -1.27. The number of carbonyl (C=O) groups is 1. The van der Waals surface area contributed by atoms with Gasteiger partial charge in [-0.15, -0.1) is 11.8 Å². The van der Waals surface area contributed by atoms with Gasteiger partial charge in [-0.1, -0.05) is 87.1 Å². The molecule has 0 unspecified atom stereocenters. The van der Waals surface area contributed by atoms with Crippen molar-refractivity contribution in [3.05, 3.63) is 94.3 Å². The molecule has 1 aliphatic carbocycles. The number of amides is 1. The van der Waals surface area contributed by atoms with Gasteiger partial charge in [0.1, 0.15) is 12.4 Å². The van der Waals surface area contributed by atoms with Gasteiger partial charge in [-0.25, -0.2) is 4.98 Å². The van der Waals surface area contributed by atoms with Crippen LogP contribution in [-0.2, 0) is 17.2 Å². The Morgan fingerprint density at radius 3 is 2.49 bits per heavy atom. The average Bonchev–Trinajstić information content (AvgIpc) is 3.48. The van der Waals surface area contributed by atoms with E-state index in [1.807, 2.05) is 60.7 Å². The van der Waals surface area contributed by atoms with Crippen LogP contribution in [-0.4, -0.2) is 36.2 Å². The number of nitrogens with one attached hydrogen (secondary N) is 1. The van der Waals surface area contributed by atoms with Gasteiger partial charge in [0.2, 0.25) is 0 Å². The fourth-order valence-electron chi connectivity index (χ4n) is 5.15. The molecular weight excluding hydrogens is 547 g/mol. The zero-order valence-corrected chi connectivity index (χ0v) is 26.0. The lowest BCUT2D eigenvalue weighted by atomic mass is 10.1. The van der Waals surface area contributed by atoms with Crippen LogP contribution in [0.3, 0.4) is 0 Å². The van der Waals surface area contributed by atoms with Crippen LogP contribution in [0.25, 0.3) is 22.3 Å². The highest BCUT2D eigenvalue weighted by molar-refractivity contribution is 7.98. The number of hydrogen-bond acceptors (Lipinski definition) is 5. The second-order valence-corrected chi connectivity index (χ2v) is 18.5. The van der Waals surface area contributed by atoms with Crippen molar-refractivity contribution in [2.75, 3.05) is 6.61 Å². The molecule has 0 bridgehead atoms. The number of benzene rings is 3. The molecule has 0 spiro atoms. The van der Waals surface area contributed by atoms with Gasteiger partial charge in [0.15, 0.2) is 0 Å². The smallest absolute Gasteiger partial charge is 0.279 e. The van der Waals surface area contributed by atoms with Crippen LogP contribution in [0.2, 0.25) is 25.7 Å². The quantitative estimate of drug-likeness (QED) is 0.113. The molecular formula is C33H39N3O3SSi. The standard InChI is InChI=1S/C33H39N3O3SSi/c1-41(2,3)21-20-39-23-36-29-19-10-9-18-28(29)35-30(33(36)38)26-16-11-17-27(32(37)34-25-14-7-8-15-25)31(26)40-22-24-12-5-4-6-13-24/h4-6,9-13,16-19,25H,7-8,14-15,20-23H2,1-3H3,(H,34,37). The zero-order chi connectivity index (χ0) is 28.8. The van der Waals surface area contributed by atoms with E-state index in [9.17, 15) is 9.59 Å². The van der Waals surface area contributed by atoms with Crippen LogP contribution in [0, 0.1) is 0 Å². The molecule has 6 nitrogen and oxygen atoms in total. The highest BCUT2D eigenvalue weighted by atomic mass is 32.2. The highest BCUT2D eigenvalue weighted by Crippen LogP contribution is 2.35. The molecule has 8 heteroatoms. The normalized spacial score (nSPS) is 14.0. The maximum absolute atomic E-state index is 14.1. The summed E-state index contributed by atoms with van der Waals surface area (Å²) >= 11 is 1.58. The predicted octanol–water partition coefficient (Wildman–Crippen LogP) is 7.34. The first kappa shape index (κ1) is 29.3. The molecule has 214 valence electrons. The van der Waals surface area contributed by atoms with Crippen molar-refractivity contribution < 1.29 is 9.53 Å². The van der Waals surface area contributed by atoms with Gasteiger partial charge in [-0.05, 0) is 42.6 Å². The maximum Gasteiger partial charge on any atom is 0.279 e. The van der Waals surface area contributed by atoms with Crippen molar-refractivity contribution in [1.29, 1.82) is 0 Å². The third-order valence-electron chi connectivity index (χ3n) is 7.50. The molecule has 0 saturated heterocycles. The molecule has 0 aliphatic heterocycles. The lowest BCUT2D eigenvalue weighted by Crippen LogP contribution is -2.33. The Bertz CT molecular complexity index is 1560. The molecule has 5 rings (SSSR count). The lowest BCUT2D eigenvalue weighted by Gasteiger charge is -2.19. The second-order valence-electron chi connectivity index (χ2n) is 11.9. The van der Waals surface area contributed by atoms with E-state index in [-0.39, 0.29) is 24.2 Å². The molecule has 1 amide bonds. The first-order chi connectivity index (χ1) is 19.8. The number of para-hydroxylation sites is 2. The molecule has 1 fully saturated rings. The van der Waals surface area contributed by atoms with Gasteiger partial charge in [-0.3, -0.25) is 14.2 Å². The summed E-state index contributed by atoms with van der Waals surface area (Å²) in [5, 5.41) is 3.24. The molecule has 0 radical (unpaired) electrons. The molecule has 1 N–H and O–H groups in total. The molecule has 0 atom stereocenters. The summed E-state index contributed by atoms with van der Waals surface area (Å²) in [6.45, 7) is 7.71. The average molecular weight is 586 g/mol. The first-order valence-corrected chi connectivity index (χ1v) is 19.2. The van der Waals surface area contributed by atoms with Crippen molar-refractivity contribution in [1.82, 2.24) is 14.9 Å². The summed E-state index contributed by atoms with van der Waals surface area (Å²) < 4.78 is 7.73. The van der Waals surface area contributed by atoms with Gasteiger partial charge in [0.25, 0.3) is 11.5 Å². The Morgan fingerprint density at radius 2 is 1.73 bits per heavy atom. The topological polar surface area (TPSA) is 73.2 Å². The Kier molecular flexibility index (Phi) is 9.42. The number of hydrogen-bond donors (Lipinski definition) is 1. The van der Waals surface area contributed by atoms with Crippen LogP contribution in [0.4, 0.5) is 0 Å². The molecule has 1 saturated carbocycles. The number of thioether (sulfide) groups is 1. The SMILES string of the molecule is C[Si](C)(C)CCOCn1c(=O)c(-c2cccc(C(=O)NC3CCCC3)c2SCc2ccccc2)nc2ccccc21. The molecule has 4 aromatic rings. The lowest BCUT2D eigenvalue weighted by molar-refractivity contribution is 0.0878. The third-order valence-corrected chi connectivity index (χ3v) is 10.4. The van der Waals surface area contributed by atoms with Crippen molar-refractivity contribution in [3.8, 4) is 11.3 Å². The van der Waals surface area contributed by atoms with Crippen molar-refractivity contribution in [2.45, 2.75) is 74.8 Å². The highest BCUT2D eigenvalue weighted by Gasteiger charge is 2.24. The van der Waals surface area contributed by atoms with Crippen LogP contribution < -0.4 is 10.9 Å². The number of rotatable bonds is 11. The van der Waals surface area contributed by atoms with E-state index < -0.39 is 8.07 Å². The van der Waals surface area contributed by atoms with Crippen LogP contribution in [0.15, 0.2) is 82.5 Å². The molecule has 41 heavy (non-hydrogen) atoms. The third kappa shape index (κ3) is 7.36. The second kappa shape index (κ2) is 13.2. The summed E-state index contributed by atoms with van der Waals surface area (Å²) in [5.74, 6) is 0.577. The molecule has 1 aromatic heterocycles. The number of ether oxygens (including phenoxy) is 1. The van der Waals surface area contributed by atoms with Crippen LogP contribution >= 0.6 is 11.8 Å². The fourth-order valence-corrected chi connectivity index (χ4v) is 7.05. The fraction of sp³-hybridized carbons (Fsp3) is 0.364. The van der Waals surface area contributed by atoms with Crippen LogP contribution in [0.5, 0.6) is 0 Å². The van der Waals surface area contributed by atoms with Gasteiger partial charge in [0.05, 0.1) is 16.6 Å². The van der Waals surface area contributed by atoms with Crippen molar-refractivity contribution in [2.24, 2.45) is 0 Å². The number of nitrogens with zero attached hydrogens (tertiary/aromatic N) is 2. The minimum Gasteiger partial charge on any atom is -0.361 e. The summed E-state index contributed by atoms with van der Waals surface area (Å²) in [5.41, 5.74) is 3.99. The Morgan fingerprint density at radius 1 is 1.00 bits per heavy atom. The minimum atomic E-state index is -1.27. The van der Waals surface area contributed by atoms with E-state index in [0.29, 0.717) is 29.2 Å². The zero-order valence-electron chi connectivity index (χ0n) is 24.2. The van der Waals surface area contributed by atoms with E-state index in [4.69, 9.17) is 9.72 Å². The molecule has 1 heterocycles. The molecule has 1 aliphatic rings. The Balaban J connectivity index is 1.56. The Hall–Kier alpha value is -3.20. The Labute approximate surface area is 247 Å². The number of fused-ring (bicyclic) bond motifs is 1. The van der Waals surface area contributed by atoms with E-state index in [0.717, 1.165) is 53.2 Å². The molecule has 3 aromatic carbocycles. The largest absolute Gasteiger partial charge is 0.361 e. The van der Waals surface area contributed by atoms with Gasteiger partial charge >= 0.3 is 0 Å². The minimum absolute atomic E-state index is 0.0925. The van der Waals surface area contributed by atoms with E-state index in [2.05, 4.69) is 37.1 Å². The number of aromatic nitrogens is 2. The van der Waals surface area contributed by atoms with Crippen molar-refractivity contribution in [3.63, 3.8) is 0 Å². The van der Waals surface area contributed by atoms with Gasteiger partial charge < -0.3 is 10.1 Å². The van der Waals surface area contributed by atoms with E-state index in [1.165, 1.54) is 0 Å².